The molecule has 26 heavy (non-hydrogen) atoms. The molecule has 0 aromatic heterocycles. The smallest absolute Gasteiger partial charge is 0.169 e. The molecule has 0 bridgehead atoms. The second-order valence-electron chi connectivity index (χ2n) is 7.06. The number of benzene rings is 2. The lowest BCUT2D eigenvalue weighted by Gasteiger charge is -2.40. The Bertz CT molecular complexity index is 1020. The number of sulfone groups is 1. The van der Waals surface area contributed by atoms with E-state index in [4.69, 9.17) is 5.73 Å². The number of nitrogens with zero attached hydrogens (tertiary/aromatic N) is 1. The summed E-state index contributed by atoms with van der Waals surface area (Å²) in [7, 11) is -3.84. The molecule has 2 atom stereocenters. The number of hydrogen-bond acceptors (Lipinski definition) is 4. The van der Waals surface area contributed by atoms with Gasteiger partial charge in [-0.1, -0.05) is 35.9 Å². The fraction of sp³-hybridized carbons (Fsp3) is 0.316. The van der Waals surface area contributed by atoms with Crippen LogP contribution in [-0.4, -0.2) is 20.0 Å². The zero-order valence-electron chi connectivity index (χ0n) is 14.8. The summed E-state index contributed by atoms with van der Waals surface area (Å²) in [6, 6.07) is 10.1. The largest absolute Gasteiger partial charge is 0.386 e. The van der Waals surface area contributed by atoms with Crippen molar-refractivity contribution >= 4 is 15.7 Å². The van der Waals surface area contributed by atoms with Gasteiger partial charge in [0.1, 0.15) is 23.0 Å². The second kappa shape index (κ2) is 5.87. The first-order valence-electron chi connectivity index (χ1n) is 8.10. The summed E-state index contributed by atoms with van der Waals surface area (Å²) < 4.78 is 52.5. The second-order valence-corrected chi connectivity index (χ2v) is 9.39. The van der Waals surface area contributed by atoms with Crippen LogP contribution < -0.4 is 5.73 Å². The maximum atomic E-state index is 14.3. The standard InChI is InChI=1S/C19H20F2N2O2S/c1-12-5-4-6-13(9-12)19(3)17(22)23-18(2,11-26(19,24)25)15-8-7-14(20)10-16(15)21/h4-10H,11H2,1-3H3,(H2,22,23)/t18-,19+/m0/s1. The molecule has 138 valence electrons. The molecule has 0 saturated carbocycles. The molecule has 0 amide bonds. The SMILES string of the molecule is Cc1cccc([C@]2(C)C(N)=N[C@](C)(c3ccc(F)cc3F)CS2(=O)=O)c1. The van der Waals surface area contributed by atoms with E-state index in [0.717, 1.165) is 11.6 Å². The Labute approximate surface area is 151 Å². The molecule has 2 aromatic rings. The highest BCUT2D eigenvalue weighted by atomic mass is 32.2. The molecule has 2 aromatic carbocycles. The minimum Gasteiger partial charge on any atom is -0.386 e. The number of aliphatic imine (C=N–C) groups is 1. The average molecular weight is 378 g/mol. The predicted octanol–water partition coefficient (Wildman–Crippen LogP) is 3.19. The lowest BCUT2D eigenvalue weighted by Crippen LogP contribution is -2.54. The highest BCUT2D eigenvalue weighted by molar-refractivity contribution is 7.93. The fourth-order valence-corrected chi connectivity index (χ4v) is 5.51. The Morgan fingerprint density at radius 1 is 1.12 bits per heavy atom. The first kappa shape index (κ1) is 18.5. The molecule has 7 heteroatoms. The molecule has 0 spiro atoms. The van der Waals surface area contributed by atoms with Crippen molar-refractivity contribution in [2.45, 2.75) is 31.1 Å². The lowest BCUT2D eigenvalue weighted by atomic mass is 9.91. The van der Waals surface area contributed by atoms with E-state index in [1.54, 1.807) is 18.2 Å². The molecule has 0 saturated heterocycles. The zero-order chi connectivity index (χ0) is 19.3. The topological polar surface area (TPSA) is 72.5 Å². The van der Waals surface area contributed by atoms with E-state index < -0.39 is 37.5 Å². The summed E-state index contributed by atoms with van der Waals surface area (Å²) in [4.78, 5) is 4.38. The van der Waals surface area contributed by atoms with Crippen molar-refractivity contribution in [3.05, 3.63) is 70.8 Å². The van der Waals surface area contributed by atoms with Crippen molar-refractivity contribution in [2.24, 2.45) is 10.7 Å². The van der Waals surface area contributed by atoms with Gasteiger partial charge in [-0.2, -0.15) is 0 Å². The fourth-order valence-electron chi connectivity index (χ4n) is 3.41. The summed E-state index contributed by atoms with van der Waals surface area (Å²) in [6.45, 7) is 4.85. The number of amidine groups is 1. The third-order valence-corrected chi connectivity index (χ3v) is 7.66. The van der Waals surface area contributed by atoms with Gasteiger partial charge in [0.15, 0.2) is 14.6 Å². The van der Waals surface area contributed by atoms with E-state index in [1.807, 2.05) is 13.0 Å². The summed E-state index contributed by atoms with van der Waals surface area (Å²) >= 11 is 0. The van der Waals surface area contributed by atoms with Crippen LogP contribution in [0.1, 0.15) is 30.5 Å². The Kier molecular flexibility index (Phi) is 4.18. The third-order valence-electron chi connectivity index (χ3n) is 5.03. The van der Waals surface area contributed by atoms with Crippen LogP contribution >= 0.6 is 0 Å². The van der Waals surface area contributed by atoms with E-state index in [9.17, 15) is 17.2 Å². The number of halogens is 2. The minimum absolute atomic E-state index is 0.00304. The summed E-state index contributed by atoms with van der Waals surface area (Å²) in [5.41, 5.74) is 6.12. The van der Waals surface area contributed by atoms with Gasteiger partial charge < -0.3 is 5.73 Å². The van der Waals surface area contributed by atoms with E-state index in [-0.39, 0.29) is 11.4 Å². The molecule has 1 aliphatic rings. The van der Waals surface area contributed by atoms with E-state index in [1.165, 1.54) is 19.9 Å². The van der Waals surface area contributed by atoms with Gasteiger partial charge in [-0.3, -0.25) is 4.99 Å². The van der Waals surface area contributed by atoms with Crippen LogP contribution in [0.25, 0.3) is 0 Å². The number of hydrogen-bond donors (Lipinski definition) is 1. The molecule has 1 aliphatic heterocycles. The molecular weight excluding hydrogens is 358 g/mol. The van der Waals surface area contributed by atoms with Gasteiger partial charge >= 0.3 is 0 Å². The van der Waals surface area contributed by atoms with Crippen LogP contribution in [0.4, 0.5) is 8.78 Å². The van der Waals surface area contributed by atoms with Crippen LogP contribution in [0, 0.1) is 18.6 Å². The Balaban J connectivity index is 2.22. The van der Waals surface area contributed by atoms with Crippen molar-refractivity contribution in [2.75, 3.05) is 5.75 Å². The number of aryl methyl sites for hydroxylation is 1. The Hall–Kier alpha value is -2.28. The van der Waals surface area contributed by atoms with Crippen LogP contribution in [0.15, 0.2) is 47.5 Å². The first-order chi connectivity index (χ1) is 12.0. The van der Waals surface area contributed by atoms with E-state index >= 15 is 0 Å². The number of rotatable bonds is 2. The molecule has 3 rings (SSSR count). The average Bonchev–Trinajstić information content (AvgIpc) is 2.51. The molecule has 0 aliphatic carbocycles. The summed E-state index contributed by atoms with van der Waals surface area (Å²) in [6.07, 6.45) is 0. The highest BCUT2D eigenvalue weighted by Gasteiger charge is 2.53. The molecule has 4 nitrogen and oxygen atoms in total. The number of nitrogens with two attached hydrogens (primary N) is 1. The molecular formula is C19H20F2N2O2S. The van der Waals surface area contributed by atoms with Gasteiger partial charge in [0, 0.05) is 11.6 Å². The van der Waals surface area contributed by atoms with Gasteiger partial charge in [0.05, 0.1) is 5.75 Å². The lowest BCUT2D eigenvalue weighted by molar-refractivity contribution is 0.469. The molecule has 2 N–H and O–H groups in total. The molecule has 0 radical (unpaired) electrons. The van der Waals surface area contributed by atoms with E-state index in [2.05, 4.69) is 4.99 Å². The van der Waals surface area contributed by atoms with Gasteiger partial charge in [0.25, 0.3) is 0 Å². The van der Waals surface area contributed by atoms with Crippen molar-refractivity contribution in [1.29, 1.82) is 0 Å². The van der Waals surface area contributed by atoms with Crippen LogP contribution in [0.2, 0.25) is 0 Å². The van der Waals surface area contributed by atoms with Gasteiger partial charge in [-0.05, 0) is 32.4 Å². The third kappa shape index (κ3) is 2.70. The van der Waals surface area contributed by atoms with Gasteiger partial charge in [-0.25, -0.2) is 17.2 Å². The van der Waals surface area contributed by atoms with Crippen molar-refractivity contribution in [1.82, 2.24) is 0 Å². The maximum Gasteiger partial charge on any atom is 0.169 e. The van der Waals surface area contributed by atoms with Crippen molar-refractivity contribution in [3.8, 4) is 0 Å². The first-order valence-corrected chi connectivity index (χ1v) is 9.76. The monoisotopic (exact) mass is 378 g/mol. The van der Waals surface area contributed by atoms with E-state index in [0.29, 0.717) is 11.6 Å². The van der Waals surface area contributed by atoms with Crippen molar-refractivity contribution in [3.63, 3.8) is 0 Å². The molecule has 1 heterocycles. The minimum atomic E-state index is -3.84. The normalized spacial score (nSPS) is 27.8. The summed E-state index contributed by atoms with van der Waals surface area (Å²) in [5.74, 6) is -2.14. The predicted molar refractivity (Wildman–Crippen MR) is 97.7 cm³/mol. The summed E-state index contributed by atoms with van der Waals surface area (Å²) in [5, 5.41) is 0. The Morgan fingerprint density at radius 2 is 1.81 bits per heavy atom. The zero-order valence-corrected chi connectivity index (χ0v) is 15.6. The van der Waals surface area contributed by atoms with Gasteiger partial charge in [0.2, 0.25) is 0 Å². The molecule has 0 fully saturated rings. The maximum absolute atomic E-state index is 14.3. The van der Waals surface area contributed by atoms with Crippen molar-refractivity contribution < 1.29 is 17.2 Å². The van der Waals surface area contributed by atoms with Crippen LogP contribution in [-0.2, 0) is 20.1 Å². The quantitative estimate of drug-likeness (QED) is 0.872. The van der Waals surface area contributed by atoms with Gasteiger partial charge in [-0.15, -0.1) is 0 Å². The Morgan fingerprint density at radius 3 is 2.38 bits per heavy atom. The van der Waals surface area contributed by atoms with Crippen LogP contribution in [0.3, 0.4) is 0 Å². The van der Waals surface area contributed by atoms with Crippen LogP contribution in [0.5, 0.6) is 0 Å². The highest BCUT2D eigenvalue weighted by Crippen LogP contribution is 2.42. The molecule has 0 unspecified atom stereocenters.